The number of piperazine rings is 1. The number of hydrogen-bond acceptors (Lipinski definition) is 4. The number of likely N-dealkylation sites (N-methyl/N-ethyl adjacent to an activating group) is 1. The van der Waals surface area contributed by atoms with Crippen molar-refractivity contribution in [2.24, 2.45) is 0 Å². The van der Waals surface area contributed by atoms with Crippen LogP contribution in [0.15, 0.2) is 0 Å². The van der Waals surface area contributed by atoms with Crippen molar-refractivity contribution >= 4 is 0 Å². The molecule has 0 aliphatic carbocycles. The highest BCUT2D eigenvalue weighted by Crippen LogP contribution is 2.10. The van der Waals surface area contributed by atoms with E-state index in [9.17, 15) is 0 Å². The lowest BCUT2D eigenvalue weighted by Crippen LogP contribution is -2.53. The van der Waals surface area contributed by atoms with Crippen LogP contribution in [-0.4, -0.2) is 68.6 Å². The van der Waals surface area contributed by atoms with Crippen LogP contribution in [-0.2, 0) is 9.47 Å². The molecule has 0 bridgehead atoms. The number of rotatable bonds is 6. The highest BCUT2D eigenvalue weighted by atomic mass is 16.7. The molecule has 1 aliphatic heterocycles. The van der Waals surface area contributed by atoms with Gasteiger partial charge in [0.1, 0.15) is 0 Å². The van der Waals surface area contributed by atoms with Crippen molar-refractivity contribution in [2.75, 3.05) is 46.4 Å². The minimum Gasteiger partial charge on any atom is -0.352 e. The highest BCUT2D eigenvalue weighted by Gasteiger charge is 2.24. The molecule has 1 fully saturated rings. The molecule has 16 heavy (non-hydrogen) atoms. The molecule has 0 spiro atoms. The molecule has 1 atom stereocenters. The van der Waals surface area contributed by atoms with Gasteiger partial charge in [-0.15, -0.1) is 0 Å². The maximum absolute atomic E-state index is 5.58. The highest BCUT2D eigenvalue weighted by molar-refractivity contribution is 4.77. The number of ether oxygens (including phenoxy) is 2. The van der Waals surface area contributed by atoms with E-state index in [2.05, 4.69) is 23.8 Å². The van der Waals surface area contributed by atoms with Crippen LogP contribution in [0.5, 0.6) is 0 Å². The molecule has 1 saturated heterocycles. The fourth-order valence-corrected chi connectivity index (χ4v) is 2.17. The van der Waals surface area contributed by atoms with Gasteiger partial charge in [0, 0.05) is 45.4 Å². The van der Waals surface area contributed by atoms with Gasteiger partial charge in [-0.05, 0) is 27.8 Å². The Morgan fingerprint density at radius 2 is 1.81 bits per heavy atom. The fourth-order valence-electron chi connectivity index (χ4n) is 2.17. The van der Waals surface area contributed by atoms with Gasteiger partial charge in [0.05, 0.1) is 0 Å². The third-order valence-electron chi connectivity index (χ3n) is 3.06. The van der Waals surface area contributed by atoms with E-state index in [1.165, 1.54) is 0 Å². The zero-order valence-corrected chi connectivity index (χ0v) is 11.1. The van der Waals surface area contributed by atoms with Gasteiger partial charge in [-0.2, -0.15) is 0 Å². The third kappa shape index (κ3) is 4.37. The quantitative estimate of drug-likeness (QED) is 0.636. The molecule has 4 nitrogen and oxygen atoms in total. The van der Waals surface area contributed by atoms with Crippen molar-refractivity contribution in [1.29, 1.82) is 0 Å². The zero-order valence-electron chi connectivity index (χ0n) is 11.1. The summed E-state index contributed by atoms with van der Waals surface area (Å²) in [5.74, 6) is 0. The van der Waals surface area contributed by atoms with Gasteiger partial charge in [0.25, 0.3) is 0 Å². The molecular weight excluding hydrogens is 204 g/mol. The van der Waals surface area contributed by atoms with Gasteiger partial charge >= 0.3 is 0 Å². The molecule has 96 valence electrons. The first-order valence-corrected chi connectivity index (χ1v) is 6.33. The monoisotopic (exact) mass is 230 g/mol. The molecule has 0 aromatic heterocycles. The second kappa shape index (κ2) is 7.22. The zero-order chi connectivity index (χ0) is 12.0. The minimum absolute atomic E-state index is 0.0687. The summed E-state index contributed by atoms with van der Waals surface area (Å²) in [6.07, 6.45) is -0.0687. The second-order valence-electron chi connectivity index (χ2n) is 4.45. The summed E-state index contributed by atoms with van der Waals surface area (Å²) in [4.78, 5) is 4.83. The van der Waals surface area contributed by atoms with Crippen LogP contribution in [0.2, 0.25) is 0 Å². The van der Waals surface area contributed by atoms with Crippen molar-refractivity contribution in [3.8, 4) is 0 Å². The van der Waals surface area contributed by atoms with E-state index in [0.717, 1.165) is 26.2 Å². The third-order valence-corrected chi connectivity index (χ3v) is 3.06. The molecule has 1 rings (SSSR count). The van der Waals surface area contributed by atoms with Crippen LogP contribution in [0.4, 0.5) is 0 Å². The Bertz CT molecular complexity index is 184. The van der Waals surface area contributed by atoms with Gasteiger partial charge < -0.3 is 14.4 Å². The van der Waals surface area contributed by atoms with E-state index in [1.807, 2.05) is 13.8 Å². The van der Waals surface area contributed by atoms with Crippen molar-refractivity contribution in [3.63, 3.8) is 0 Å². The van der Waals surface area contributed by atoms with Crippen LogP contribution in [0.3, 0.4) is 0 Å². The van der Waals surface area contributed by atoms with E-state index in [4.69, 9.17) is 9.47 Å². The van der Waals surface area contributed by atoms with Gasteiger partial charge in [0.15, 0.2) is 6.29 Å². The Hall–Kier alpha value is -0.160. The van der Waals surface area contributed by atoms with Gasteiger partial charge in [0.2, 0.25) is 0 Å². The normalized spacial score (nSPS) is 24.2. The molecule has 0 saturated carbocycles. The van der Waals surface area contributed by atoms with Gasteiger partial charge in [-0.25, -0.2) is 0 Å². The summed E-state index contributed by atoms with van der Waals surface area (Å²) >= 11 is 0. The minimum atomic E-state index is -0.0687. The number of hydrogen-bond donors (Lipinski definition) is 0. The second-order valence-corrected chi connectivity index (χ2v) is 4.45. The van der Waals surface area contributed by atoms with Gasteiger partial charge in [-0.3, -0.25) is 4.90 Å². The molecule has 4 heteroatoms. The van der Waals surface area contributed by atoms with E-state index < -0.39 is 0 Å². The summed E-state index contributed by atoms with van der Waals surface area (Å²) in [5, 5.41) is 0. The van der Waals surface area contributed by atoms with Crippen LogP contribution < -0.4 is 0 Å². The maximum Gasteiger partial charge on any atom is 0.170 e. The van der Waals surface area contributed by atoms with Crippen LogP contribution in [0.25, 0.3) is 0 Å². The smallest absolute Gasteiger partial charge is 0.170 e. The Morgan fingerprint density at radius 1 is 1.19 bits per heavy atom. The van der Waals surface area contributed by atoms with E-state index in [0.29, 0.717) is 19.3 Å². The van der Waals surface area contributed by atoms with Crippen molar-refractivity contribution in [1.82, 2.24) is 9.80 Å². The first-order valence-electron chi connectivity index (χ1n) is 6.33. The first-order chi connectivity index (χ1) is 7.67. The lowest BCUT2D eigenvalue weighted by Gasteiger charge is -2.39. The number of nitrogens with zero attached hydrogens (tertiary/aromatic N) is 2. The Labute approximate surface area is 99.5 Å². The lowest BCUT2D eigenvalue weighted by atomic mass is 10.2. The van der Waals surface area contributed by atoms with E-state index in [-0.39, 0.29) is 6.29 Å². The molecule has 1 unspecified atom stereocenters. The summed E-state index contributed by atoms with van der Waals surface area (Å²) < 4.78 is 11.2. The van der Waals surface area contributed by atoms with Gasteiger partial charge in [-0.1, -0.05) is 0 Å². The molecular formula is C12H26N2O2. The van der Waals surface area contributed by atoms with Crippen LogP contribution in [0, 0.1) is 0 Å². The molecule has 0 aromatic carbocycles. The molecule has 1 heterocycles. The Kier molecular flexibility index (Phi) is 6.28. The predicted molar refractivity (Wildman–Crippen MR) is 65.6 cm³/mol. The molecule has 0 radical (unpaired) electrons. The summed E-state index contributed by atoms with van der Waals surface area (Å²) in [6, 6.07) is 0.585. The molecule has 0 aromatic rings. The summed E-state index contributed by atoms with van der Waals surface area (Å²) in [7, 11) is 2.18. The molecule has 1 aliphatic rings. The standard InChI is InChI=1S/C12H26N2O2/c1-5-15-12(16-6-2)10-14-8-7-13(4)9-11(14)3/h11-12H,5-10H2,1-4H3. The fraction of sp³-hybridized carbons (Fsp3) is 1.00. The SMILES string of the molecule is CCOC(CN1CCN(C)CC1C)OCC. The average Bonchev–Trinajstić information content (AvgIpc) is 2.23. The van der Waals surface area contributed by atoms with Crippen LogP contribution in [0.1, 0.15) is 20.8 Å². The summed E-state index contributed by atoms with van der Waals surface area (Å²) in [6.45, 7) is 12.0. The van der Waals surface area contributed by atoms with Crippen molar-refractivity contribution < 1.29 is 9.47 Å². The van der Waals surface area contributed by atoms with Crippen LogP contribution >= 0.6 is 0 Å². The molecule has 0 amide bonds. The Morgan fingerprint density at radius 3 is 2.31 bits per heavy atom. The predicted octanol–water partition coefficient (Wildman–Crippen LogP) is 1.02. The molecule has 0 N–H and O–H groups in total. The largest absolute Gasteiger partial charge is 0.352 e. The average molecular weight is 230 g/mol. The summed E-state index contributed by atoms with van der Waals surface area (Å²) in [5.41, 5.74) is 0. The Balaban J connectivity index is 2.37. The maximum atomic E-state index is 5.58. The van der Waals surface area contributed by atoms with E-state index in [1.54, 1.807) is 0 Å². The topological polar surface area (TPSA) is 24.9 Å². The van der Waals surface area contributed by atoms with Crippen molar-refractivity contribution in [3.05, 3.63) is 0 Å². The van der Waals surface area contributed by atoms with Crippen molar-refractivity contribution in [2.45, 2.75) is 33.1 Å². The van der Waals surface area contributed by atoms with E-state index >= 15 is 0 Å². The lowest BCUT2D eigenvalue weighted by molar-refractivity contribution is -0.153. The first kappa shape index (κ1) is 13.9.